The van der Waals surface area contributed by atoms with Crippen LogP contribution in [0.2, 0.25) is 0 Å². The van der Waals surface area contributed by atoms with Crippen LogP contribution in [0.3, 0.4) is 0 Å². The van der Waals surface area contributed by atoms with Gasteiger partial charge in [-0.05, 0) is 37.7 Å². The smallest absolute Gasteiger partial charge is 0.0775 e. The van der Waals surface area contributed by atoms with Gasteiger partial charge in [0.25, 0.3) is 0 Å². The van der Waals surface area contributed by atoms with Crippen LogP contribution in [0.5, 0.6) is 0 Å². The normalized spacial score (nSPS) is 23.1. The van der Waals surface area contributed by atoms with E-state index in [1.807, 2.05) is 6.92 Å². The van der Waals surface area contributed by atoms with Crippen molar-refractivity contribution in [1.82, 2.24) is 0 Å². The maximum atomic E-state index is 9.88. The fourth-order valence-electron chi connectivity index (χ4n) is 2.09. The second-order valence-electron chi connectivity index (χ2n) is 3.85. The molecule has 1 atom stereocenters. The molecule has 1 aliphatic carbocycles. The van der Waals surface area contributed by atoms with Crippen molar-refractivity contribution in [2.45, 2.75) is 52.1 Å². The lowest BCUT2D eigenvalue weighted by Gasteiger charge is -2.18. The van der Waals surface area contributed by atoms with E-state index < -0.39 is 0 Å². The number of rotatable bonds is 3. The predicted octanol–water partition coefficient (Wildman–Crippen LogP) is 2.89. The van der Waals surface area contributed by atoms with E-state index in [2.05, 4.69) is 13.0 Å². The summed E-state index contributed by atoms with van der Waals surface area (Å²) >= 11 is 0. The third-order valence-electron chi connectivity index (χ3n) is 2.84. The topological polar surface area (TPSA) is 20.2 Å². The summed E-state index contributed by atoms with van der Waals surface area (Å²) in [6.07, 6.45) is 8.07. The van der Waals surface area contributed by atoms with Crippen LogP contribution in [0, 0.1) is 5.92 Å². The van der Waals surface area contributed by atoms with Crippen LogP contribution in [-0.4, -0.2) is 11.2 Å². The van der Waals surface area contributed by atoms with Crippen LogP contribution in [0.4, 0.5) is 0 Å². The molecule has 1 heteroatoms. The molecule has 1 unspecified atom stereocenters. The molecule has 0 bridgehead atoms. The van der Waals surface area contributed by atoms with Crippen molar-refractivity contribution >= 4 is 0 Å². The van der Waals surface area contributed by atoms with Crippen LogP contribution in [-0.2, 0) is 0 Å². The van der Waals surface area contributed by atoms with E-state index in [1.165, 1.54) is 31.3 Å². The van der Waals surface area contributed by atoms with Gasteiger partial charge in [0.15, 0.2) is 0 Å². The van der Waals surface area contributed by atoms with E-state index in [1.54, 1.807) is 0 Å². The molecule has 0 saturated heterocycles. The SMILES string of the molecule is CC/C=C(\C)C(O)C1CCCC1. The van der Waals surface area contributed by atoms with Gasteiger partial charge >= 0.3 is 0 Å². The number of allylic oxidation sites excluding steroid dienone is 1. The Kier molecular flexibility index (Phi) is 3.80. The summed E-state index contributed by atoms with van der Waals surface area (Å²) in [7, 11) is 0. The van der Waals surface area contributed by atoms with Crippen LogP contribution in [0.25, 0.3) is 0 Å². The van der Waals surface area contributed by atoms with Gasteiger partial charge in [0.05, 0.1) is 6.10 Å². The lowest BCUT2D eigenvalue weighted by molar-refractivity contribution is 0.144. The first-order chi connectivity index (χ1) is 5.75. The highest BCUT2D eigenvalue weighted by molar-refractivity contribution is 5.06. The molecule has 0 aliphatic heterocycles. The van der Waals surface area contributed by atoms with E-state index in [0.29, 0.717) is 5.92 Å². The molecule has 70 valence electrons. The standard InChI is InChI=1S/C11H20O/c1-3-6-9(2)11(12)10-7-4-5-8-10/h6,10-12H,3-5,7-8H2,1-2H3/b9-6+. The van der Waals surface area contributed by atoms with Gasteiger partial charge in [0.1, 0.15) is 0 Å². The first-order valence-corrected chi connectivity index (χ1v) is 5.10. The van der Waals surface area contributed by atoms with Gasteiger partial charge in [-0.2, -0.15) is 0 Å². The predicted molar refractivity (Wildman–Crippen MR) is 52.0 cm³/mol. The Hall–Kier alpha value is -0.300. The van der Waals surface area contributed by atoms with Crippen LogP contribution in [0.1, 0.15) is 46.0 Å². The minimum absolute atomic E-state index is 0.160. The van der Waals surface area contributed by atoms with E-state index in [0.717, 1.165) is 6.42 Å². The maximum Gasteiger partial charge on any atom is 0.0775 e. The van der Waals surface area contributed by atoms with Crippen molar-refractivity contribution in [3.05, 3.63) is 11.6 Å². The largest absolute Gasteiger partial charge is 0.388 e. The molecule has 0 spiro atoms. The van der Waals surface area contributed by atoms with Gasteiger partial charge in [-0.1, -0.05) is 25.8 Å². The number of aliphatic hydroxyl groups excluding tert-OH is 1. The molecule has 0 aromatic heterocycles. The molecule has 1 saturated carbocycles. The van der Waals surface area contributed by atoms with Crippen molar-refractivity contribution in [3.8, 4) is 0 Å². The molecule has 1 nitrogen and oxygen atoms in total. The zero-order valence-electron chi connectivity index (χ0n) is 8.21. The minimum atomic E-state index is -0.160. The molecule has 0 aromatic carbocycles. The van der Waals surface area contributed by atoms with Gasteiger partial charge in [-0.3, -0.25) is 0 Å². The average Bonchev–Trinajstić information content (AvgIpc) is 2.55. The molecule has 1 fully saturated rings. The Morgan fingerprint density at radius 1 is 1.50 bits per heavy atom. The zero-order chi connectivity index (χ0) is 8.97. The molecule has 0 amide bonds. The Bertz CT molecular complexity index is 154. The van der Waals surface area contributed by atoms with Gasteiger partial charge in [0.2, 0.25) is 0 Å². The Morgan fingerprint density at radius 2 is 2.08 bits per heavy atom. The van der Waals surface area contributed by atoms with E-state index in [4.69, 9.17) is 0 Å². The number of aliphatic hydroxyl groups is 1. The molecular weight excluding hydrogens is 148 g/mol. The summed E-state index contributed by atoms with van der Waals surface area (Å²) in [5.41, 5.74) is 1.17. The van der Waals surface area contributed by atoms with Crippen molar-refractivity contribution in [2.24, 2.45) is 5.92 Å². The molecule has 0 aromatic rings. The van der Waals surface area contributed by atoms with Crippen LogP contribution >= 0.6 is 0 Å². The first-order valence-electron chi connectivity index (χ1n) is 5.10. The highest BCUT2D eigenvalue weighted by Crippen LogP contribution is 2.30. The first kappa shape index (κ1) is 9.79. The number of hydrogen-bond donors (Lipinski definition) is 1. The Labute approximate surface area is 75.5 Å². The zero-order valence-corrected chi connectivity index (χ0v) is 8.21. The molecule has 0 heterocycles. The average molecular weight is 168 g/mol. The van der Waals surface area contributed by atoms with Crippen LogP contribution in [0.15, 0.2) is 11.6 Å². The highest BCUT2D eigenvalue weighted by atomic mass is 16.3. The lowest BCUT2D eigenvalue weighted by atomic mass is 9.95. The third kappa shape index (κ3) is 2.34. The number of hydrogen-bond acceptors (Lipinski definition) is 1. The highest BCUT2D eigenvalue weighted by Gasteiger charge is 2.23. The monoisotopic (exact) mass is 168 g/mol. The minimum Gasteiger partial charge on any atom is -0.388 e. The van der Waals surface area contributed by atoms with E-state index >= 15 is 0 Å². The third-order valence-corrected chi connectivity index (χ3v) is 2.84. The van der Waals surface area contributed by atoms with E-state index in [9.17, 15) is 5.11 Å². The lowest BCUT2D eigenvalue weighted by Crippen LogP contribution is -2.18. The molecular formula is C11H20O. The summed E-state index contributed by atoms with van der Waals surface area (Å²) in [5.74, 6) is 0.549. The summed E-state index contributed by atoms with van der Waals surface area (Å²) < 4.78 is 0. The van der Waals surface area contributed by atoms with Crippen molar-refractivity contribution in [3.63, 3.8) is 0 Å². The van der Waals surface area contributed by atoms with Gasteiger partial charge < -0.3 is 5.11 Å². The Morgan fingerprint density at radius 3 is 2.58 bits per heavy atom. The fourth-order valence-corrected chi connectivity index (χ4v) is 2.09. The molecule has 1 N–H and O–H groups in total. The maximum absolute atomic E-state index is 9.88. The van der Waals surface area contributed by atoms with Gasteiger partial charge in [-0.15, -0.1) is 0 Å². The molecule has 0 radical (unpaired) electrons. The van der Waals surface area contributed by atoms with E-state index in [-0.39, 0.29) is 6.10 Å². The fraction of sp³-hybridized carbons (Fsp3) is 0.818. The summed E-state index contributed by atoms with van der Waals surface area (Å²) in [6.45, 7) is 4.16. The van der Waals surface area contributed by atoms with Gasteiger partial charge in [0, 0.05) is 0 Å². The second-order valence-corrected chi connectivity index (χ2v) is 3.85. The Balaban J connectivity index is 2.44. The summed E-state index contributed by atoms with van der Waals surface area (Å²) in [5, 5.41) is 9.88. The molecule has 12 heavy (non-hydrogen) atoms. The van der Waals surface area contributed by atoms with Crippen molar-refractivity contribution in [2.75, 3.05) is 0 Å². The second kappa shape index (κ2) is 4.66. The molecule has 1 rings (SSSR count). The summed E-state index contributed by atoms with van der Waals surface area (Å²) in [4.78, 5) is 0. The van der Waals surface area contributed by atoms with Gasteiger partial charge in [-0.25, -0.2) is 0 Å². The quantitative estimate of drug-likeness (QED) is 0.642. The van der Waals surface area contributed by atoms with Crippen molar-refractivity contribution in [1.29, 1.82) is 0 Å². The molecule has 1 aliphatic rings. The van der Waals surface area contributed by atoms with Crippen LogP contribution < -0.4 is 0 Å². The summed E-state index contributed by atoms with van der Waals surface area (Å²) in [6, 6.07) is 0. The van der Waals surface area contributed by atoms with Crippen molar-refractivity contribution < 1.29 is 5.11 Å².